The molecule has 1 heterocycles. The minimum atomic E-state index is -0.457. The van der Waals surface area contributed by atoms with Crippen LogP contribution in [0.25, 0.3) is 11.0 Å². The van der Waals surface area contributed by atoms with Gasteiger partial charge in [0.05, 0.1) is 0 Å². The van der Waals surface area contributed by atoms with E-state index in [0.29, 0.717) is 30.4 Å². The van der Waals surface area contributed by atoms with Gasteiger partial charge < -0.3 is 14.6 Å². The van der Waals surface area contributed by atoms with Crippen molar-refractivity contribution in [2.24, 2.45) is 0 Å². The van der Waals surface area contributed by atoms with Gasteiger partial charge in [0, 0.05) is 54.8 Å². The zero-order valence-electron chi connectivity index (χ0n) is 21.0. The van der Waals surface area contributed by atoms with E-state index in [1.165, 1.54) is 6.07 Å². The molecule has 0 aliphatic rings. The Morgan fingerprint density at radius 1 is 0.889 bits per heavy atom. The highest BCUT2D eigenvalue weighted by Gasteiger charge is 2.10. The van der Waals surface area contributed by atoms with E-state index in [4.69, 9.17) is 9.25 Å². The highest BCUT2D eigenvalue weighted by atomic mass is 16.6. The van der Waals surface area contributed by atoms with Crippen LogP contribution < -0.4 is 21.3 Å². The molecular formula is C28H35N3O5. The van der Waals surface area contributed by atoms with Gasteiger partial charge >= 0.3 is 5.63 Å². The predicted octanol–water partition coefficient (Wildman–Crippen LogP) is 5.17. The highest BCUT2D eigenvalue weighted by molar-refractivity contribution is 5.90. The van der Waals surface area contributed by atoms with E-state index in [0.717, 1.165) is 49.1 Å². The fourth-order valence-corrected chi connectivity index (χ4v) is 4.04. The summed E-state index contributed by atoms with van der Waals surface area (Å²) in [6.45, 7) is 5.91. The second-order valence-corrected chi connectivity index (χ2v) is 8.59. The molecule has 0 aliphatic carbocycles. The van der Waals surface area contributed by atoms with Crippen LogP contribution in [0.2, 0.25) is 0 Å². The standard InChI is InChI=1S/C28H35N3O5/c1-3-31(4-2)23-16-17-24-21(18-28(34)36-25(24)19-23)20-35-30-27(33)15-11-6-5-10-14-26(32)29-22-12-8-7-9-13-22/h7-9,12-13,16-19H,3-6,10-11,14-15,20H2,1-2H3,(H,29,32)(H,30,33). The number of nitrogens with one attached hydrogen (secondary N) is 2. The highest BCUT2D eigenvalue weighted by Crippen LogP contribution is 2.24. The fourth-order valence-electron chi connectivity index (χ4n) is 4.04. The second-order valence-electron chi connectivity index (χ2n) is 8.59. The van der Waals surface area contributed by atoms with Gasteiger partial charge in [-0.05, 0) is 56.5 Å². The lowest BCUT2D eigenvalue weighted by molar-refractivity contribution is -0.134. The zero-order valence-corrected chi connectivity index (χ0v) is 21.0. The number of amides is 2. The summed E-state index contributed by atoms with van der Waals surface area (Å²) in [5, 5.41) is 3.64. The molecule has 3 rings (SSSR count). The molecule has 0 saturated carbocycles. The first-order chi connectivity index (χ1) is 17.5. The van der Waals surface area contributed by atoms with E-state index in [2.05, 4.69) is 29.5 Å². The Morgan fingerprint density at radius 2 is 1.58 bits per heavy atom. The summed E-state index contributed by atoms with van der Waals surface area (Å²) in [4.78, 5) is 43.6. The number of nitrogens with zero attached hydrogens (tertiary/aromatic N) is 1. The van der Waals surface area contributed by atoms with Gasteiger partial charge in [-0.3, -0.25) is 14.4 Å². The molecular weight excluding hydrogens is 458 g/mol. The first-order valence-corrected chi connectivity index (χ1v) is 12.6. The maximum atomic E-state index is 12.1. The van der Waals surface area contributed by atoms with Crippen LogP contribution >= 0.6 is 0 Å². The maximum Gasteiger partial charge on any atom is 0.336 e. The minimum Gasteiger partial charge on any atom is -0.423 e. The Hall–Kier alpha value is -3.65. The van der Waals surface area contributed by atoms with E-state index >= 15 is 0 Å². The van der Waals surface area contributed by atoms with Crippen molar-refractivity contribution < 1.29 is 18.8 Å². The van der Waals surface area contributed by atoms with Crippen LogP contribution in [-0.4, -0.2) is 24.9 Å². The summed E-state index contributed by atoms with van der Waals surface area (Å²) < 4.78 is 5.39. The Morgan fingerprint density at radius 3 is 2.28 bits per heavy atom. The molecule has 2 N–H and O–H groups in total. The van der Waals surface area contributed by atoms with Crippen molar-refractivity contribution >= 4 is 34.2 Å². The van der Waals surface area contributed by atoms with Crippen molar-refractivity contribution in [1.82, 2.24) is 5.48 Å². The first kappa shape index (κ1) is 26.9. The third-order valence-electron chi connectivity index (χ3n) is 5.97. The molecule has 8 nitrogen and oxygen atoms in total. The number of benzene rings is 2. The van der Waals surface area contributed by atoms with Crippen LogP contribution in [-0.2, 0) is 21.0 Å². The SMILES string of the molecule is CCN(CC)c1ccc2c(CONC(=O)CCCCCCC(=O)Nc3ccccc3)cc(=O)oc2c1. The third kappa shape index (κ3) is 8.23. The third-order valence-corrected chi connectivity index (χ3v) is 5.97. The number of anilines is 2. The number of hydrogen-bond donors (Lipinski definition) is 2. The normalized spacial score (nSPS) is 10.8. The molecule has 36 heavy (non-hydrogen) atoms. The topological polar surface area (TPSA) is 101 Å². The monoisotopic (exact) mass is 493 g/mol. The average Bonchev–Trinajstić information content (AvgIpc) is 2.87. The van der Waals surface area contributed by atoms with Crippen LogP contribution in [0.1, 0.15) is 57.9 Å². The number of para-hydroxylation sites is 1. The van der Waals surface area contributed by atoms with E-state index in [1.54, 1.807) is 0 Å². The lowest BCUT2D eigenvalue weighted by atomic mass is 10.1. The van der Waals surface area contributed by atoms with Gasteiger partial charge in [0.25, 0.3) is 0 Å². The van der Waals surface area contributed by atoms with Gasteiger partial charge in [0.2, 0.25) is 11.8 Å². The quantitative estimate of drug-likeness (QED) is 0.183. The Labute approximate surface area is 211 Å². The number of carbonyl (C=O) groups excluding carboxylic acids is 2. The zero-order chi connectivity index (χ0) is 25.8. The van der Waals surface area contributed by atoms with Crippen molar-refractivity contribution in [3.63, 3.8) is 0 Å². The van der Waals surface area contributed by atoms with Gasteiger partial charge in [0.1, 0.15) is 12.2 Å². The van der Waals surface area contributed by atoms with Crippen molar-refractivity contribution in [3.05, 3.63) is 70.6 Å². The van der Waals surface area contributed by atoms with Crippen LogP contribution in [0.15, 0.2) is 63.8 Å². The lowest BCUT2D eigenvalue weighted by Crippen LogP contribution is -2.23. The summed E-state index contributed by atoms with van der Waals surface area (Å²) >= 11 is 0. The summed E-state index contributed by atoms with van der Waals surface area (Å²) in [6.07, 6.45) is 4.00. The molecule has 8 heteroatoms. The molecule has 2 aromatic carbocycles. The van der Waals surface area contributed by atoms with Crippen LogP contribution in [0.4, 0.5) is 11.4 Å². The molecule has 2 amide bonds. The van der Waals surface area contributed by atoms with Crippen LogP contribution in [0, 0.1) is 0 Å². The van der Waals surface area contributed by atoms with Gasteiger partial charge in [-0.1, -0.05) is 31.0 Å². The Bertz CT molecular complexity index is 1190. The van der Waals surface area contributed by atoms with Gasteiger partial charge in [-0.2, -0.15) is 0 Å². The first-order valence-electron chi connectivity index (χ1n) is 12.6. The molecule has 0 saturated heterocycles. The molecule has 0 atom stereocenters. The minimum absolute atomic E-state index is 0.000840. The lowest BCUT2D eigenvalue weighted by Gasteiger charge is -2.21. The Balaban J connectivity index is 1.36. The molecule has 0 unspecified atom stereocenters. The van der Waals surface area contributed by atoms with Crippen molar-refractivity contribution in [2.75, 3.05) is 23.3 Å². The molecule has 0 fully saturated rings. The smallest absolute Gasteiger partial charge is 0.336 e. The molecule has 1 aromatic heterocycles. The number of hydroxylamine groups is 1. The number of rotatable bonds is 14. The largest absolute Gasteiger partial charge is 0.423 e. The van der Waals surface area contributed by atoms with E-state index in [9.17, 15) is 14.4 Å². The van der Waals surface area contributed by atoms with E-state index in [1.807, 2.05) is 48.5 Å². The summed E-state index contributed by atoms with van der Waals surface area (Å²) in [7, 11) is 0. The van der Waals surface area contributed by atoms with E-state index < -0.39 is 5.63 Å². The van der Waals surface area contributed by atoms with E-state index in [-0.39, 0.29) is 18.4 Å². The summed E-state index contributed by atoms with van der Waals surface area (Å²) in [5.74, 6) is -0.216. The number of hydrogen-bond acceptors (Lipinski definition) is 6. The van der Waals surface area contributed by atoms with Crippen molar-refractivity contribution in [2.45, 2.75) is 59.0 Å². The van der Waals surface area contributed by atoms with Crippen LogP contribution in [0.5, 0.6) is 0 Å². The molecule has 0 bridgehead atoms. The number of fused-ring (bicyclic) bond motifs is 1. The Kier molecular flexibility index (Phi) is 10.5. The van der Waals surface area contributed by atoms with Gasteiger partial charge in [0.15, 0.2) is 0 Å². The molecule has 3 aromatic rings. The number of unbranched alkanes of at least 4 members (excludes halogenated alkanes) is 3. The van der Waals surface area contributed by atoms with Gasteiger partial charge in [-0.15, -0.1) is 0 Å². The summed E-state index contributed by atoms with van der Waals surface area (Å²) in [5.41, 5.74) is 4.93. The van der Waals surface area contributed by atoms with Crippen LogP contribution in [0.3, 0.4) is 0 Å². The van der Waals surface area contributed by atoms with Crippen molar-refractivity contribution in [1.29, 1.82) is 0 Å². The predicted molar refractivity (Wildman–Crippen MR) is 142 cm³/mol. The van der Waals surface area contributed by atoms with Gasteiger partial charge in [-0.25, -0.2) is 10.3 Å². The molecule has 192 valence electrons. The average molecular weight is 494 g/mol. The molecule has 0 spiro atoms. The molecule has 0 aliphatic heterocycles. The maximum absolute atomic E-state index is 12.1. The second kappa shape index (κ2) is 14.0. The fraction of sp³-hybridized carbons (Fsp3) is 0.393. The summed E-state index contributed by atoms with van der Waals surface area (Å²) in [6, 6.07) is 16.5. The molecule has 0 radical (unpaired) electrons. The number of carbonyl (C=O) groups is 2. The van der Waals surface area contributed by atoms with Crippen molar-refractivity contribution in [3.8, 4) is 0 Å².